The molecule has 0 spiro atoms. The Bertz CT molecular complexity index is 2660. The maximum atomic E-state index is 10.0. The van der Waals surface area contributed by atoms with E-state index in [-0.39, 0.29) is 11.5 Å². The zero-order chi connectivity index (χ0) is 43.2. The minimum atomic E-state index is -0.495. The van der Waals surface area contributed by atoms with E-state index >= 15 is 0 Å². The summed E-state index contributed by atoms with van der Waals surface area (Å²) in [5.74, 6) is 0.891. The van der Waals surface area contributed by atoms with Gasteiger partial charge in [-0.15, -0.1) is 0 Å². The second-order valence-electron chi connectivity index (χ2n) is 14.4. The summed E-state index contributed by atoms with van der Waals surface area (Å²) in [5, 5.41) is 38.3. The van der Waals surface area contributed by atoms with E-state index in [9.17, 15) is 15.3 Å². The maximum absolute atomic E-state index is 10.0. The molecule has 0 aromatic heterocycles. The van der Waals surface area contributed by atoms with Crippen LogP contribution >= 0.6 is 0 Å². The zero-order valence-corrected chi connectivity index (χ0v) is 36.5. The third kappa shape index (κ3) is 9.01. The Morgan fingerprint density at radius 1 is 0.350 bits per heavy atom. The highest BCUT2D eigenvalue weighted by Crippen LogP contribution is 2.56. The molecule has 9 aromatic rings. The van der Waals surface area contributed by atoms with Crippen molar-refractivity contribution in [3.05, 3.63) is 198 Å². The molecule has 1 aliphatic carbocycles. The van der Waals surface area contributed by atoms with E-state index in [1.54, 1.807) is 18.2 Å². The highest BCUT2D eigenvalue weighted by atomic mass is 16.3. The molecule has 60 heavy (non-hydrogen) atoms. The van der Waals surface area contributed by atoms with Gasteiger partial charge in [0.2, 0.25) is 0 Å². The molecular weight excluding hydrogens is 733 g/mol. The summed E-state index contributed by atoms with van der Waals surface area (Å²) in [6.45, 7) is 16.5. The standard InChI is InChI=1S/C33H22O2.C14H10O.2C3H8.2C2H6/c34-27-15-11-21-17-25(13-9-23(21)19-27)33(26-14-10-24-20-28(35)16-12-22(24)18-26)31-7-3-1-5-29(31)30-6-2-4-8-32(30)33;15-14-7-3-6-12-8-10-4-1-2-5-11(10)9-13(12)14;2*1-3-2;2*1-2/h1-20,34-35H;1-9,15H;2*3H2,1-2H3;2*1-2H3. The molecule has 306 valence electrons. The highest BCUT2D eigenvalue weighted by Gasteiger charge is 2.46. The van der Waals surface area contributed by atoms with Crippen molar-refractivity contribution >= 4 is 43.1 Å². The Hall–Kier alpha value is -6.58. The minimum absolute atomic E-state index is 0.273. The average Bonchev–Trinajstić information content (AvgIpc) is 3.59. The third-order valence-electron chi connectivity index (χ3n) is 10.2. The number of hydrogen-bond acceptors (Lipinski definition) is 3. The predicted octanol–water partition coefficient (Wildman–Crippen LogP) is 16.4. The Balaban J connectivity index is 0.000000226. The van der Waals surface area contributed by atoms with Crippen molar-refractivity contribution in [2.75, 3.05) is 0 Å². The van der Waals surface area contributed by atoms with Gasteiger partial charge in [-0.3, -0.25) is 0 Å². The SMILES string of the molecule is CC.CC.CCC.CCC.Oc1ccc2cc(C3(c4ccc5cc(O)ccc5c4)c4ccccc4-c4ccccc43)ccc2c1.Oc1cccc2cc3ccccc3cc12. The van der Waals surface area contributed by atoms with Gasteiger partial charge in [-0.1, -0.05) is 190 Å². The van der Waals surface area contributed by atoms with Gasteiger partial charge < -0.3 is 15.3 Å². The lowest BCUT2D eigenvalue weighted by Crippen LogP contribution is -2.28. The largest absolute Gasteiger partial charge is 0.508 e. The van der Waals surface area contributed by atoms with Crippen molar-refractivity contribution in [1.29, 1.82) is 0 Å². The van der Waals surface area contributed by atoms with E-state index in [0.717, 1.165) is 37.7 Å². The van der Waals surface area contributed by atoms with Crippen LogP contribution in [-0.4, -0.2) is 15.3 Å². The van der Waals surface area contributed by atoms with Gasteiger partial charge in [-0.2, -0.15) is 0 Å². The molecule has 0 saturated carbocycles. The number of benzene rings is 9. The van der Waals surface area contributed by atoms with Gasteiger partial charge in [0.05, 0.1) is 5.41 Å². The monoisotopic (exact) mass is 792 g/mol. The van der Waals surface area contributed by atoms with Crippen LogP contribution in [0.3, 0.4) is 0 Å². The third-order valence-corrected chi connectivity index (χ3v) is 10.2. The first-order chi connectivity index (χ1) is 29.3. The number of hydrogen-bond donors (Lipinski definition) is 3. The van der Waals surface area contributed by atoms with E-state index in [4.69, 9.17) is 0 Å². The molecule has 3 N–H and O–H groups in total. The van der Waals surface area contributed by atoms with E-state index in [2.05, 4.69) is 131 Å². The Morgan fingerprint density at radius 2 is 0.717 bits per heavy atom. The van der Waals surface area contributed by atoms with Crippen molar-refractivity contribution in [2.24, 2.45) is 0 Å². The Kier molecular flexibility index (Phi) is 15.5. The fourth-order valence-corrected chi connectivity index (χ4v) is 7.91. The van der Waals surface area contributed by atoms with Crippen molar-refractivity contribution in [1.82, 2.24) is 0 Å². The van der Waals surface area contributed by atoms with Crippen LogP contribution in [0.25, 0.3) is 54.2 Å². The molecule has 0 unspecified atom stereocenters. The van der Waals surface area contributed by atoms with Crippen LogP contribution in [0.1, 0.15) is 90.5 Å². The predicted molar refractivity (Wildman–Crippen MR) is 260 cm³/mol. The summed E-state index contributed by atoms with van der Waals surface area (Å²) in [5.41, 5.74) is 6.90. The van der Waals surface area contributed by atoms with Crippen LogP contribution in [0, 0.1) is 0 Å². The van der Waals surface area contributed by atoms with Gasteiger partial charge in [0.25, 0.3) is 0 Å². The molecule has 0 bridgehead atoms. The van der Waals surface area contributed by atoms with E-state index in [1.807, 2.05) is 82.3 Å². The number of phenols is 3. The number of fused-ring (bicyclic) bond motifs is 7. The second kappa shape index (κ2) is 20.9. The summed E-state index contributed by atoms with van der Waals surface area (Å²) in [6, 6.07) is 59.5. The van der Waals surface area contributed by atoms with Gasteiger partial charge in [0.1, 0.15) is 17.2 Å². The number of rotatable bonds is 2. The lowest BCUT2D eigenvalue weighted by molar-refractivity contribution is 0.475. The van der Waals surface area contributed by atoms with Crippen LogP contribution in [0.4, 0.5) is 0 Å². The molecule has 3 nitrogen and oxygen atoms in total. The van der Waals surface area contributed by atoms with Crippen LogP contribution in [0.5, 0.6) is 17.2 Å². The first-order valence-corrected chi connectivity index (χ1v) is 21.6. The number of aromatic hydroxyl groups is 3. The van der Waals surface area contributed by atoms with Crippen molar-refractivity contribution in [3.63, 3.8) is 0 Å². The molecule has 0 radical (unpaired) electrons. The molecule has 0 saturated heterocycles. The lowest BCUT2D eigenvalue weighted by atomic mass is 9.67. The van der Waals surface area contributed by atoms with E-state index in [1.165, 1.54) is 51.6 Å². The fourth-order valence-electron chi connectivity index (χ4n) is 7.91. The van der Waals surface area contributed by atoms with Crippen molar-refractivity contribution in [2.45, 2.75) is 73.6 Å². The zero-order valence-electron chi connectivity index (χ0n) is 36.5. The summed E-state index contributed by atoms with van der Waals surface area (Å²) >= 11 is 0. The smallest absolute Gasteiger partial charge is 0.123 e. The quantitative estimate of drug-likeness (QED) is 0.153. The molecule has 0 atom stereocenters. The van der Waals surface area contributed by atoms with Gasteiger partial charge in [-0.25, -0.2) is 0 Å². The summed E-state index contributed by atoms with van der Waals surface area (Å²) in [4.78, 5) is 0. The Morgan fingerprint density at radius 3 is 1.20 bits per heavy atom. The molecule has 0 aliphatic heterocycles. The highest BCUT2D eigenvalue weighted by molar-refractivity contribution is 6.00. The van der Waals surface area contributed by atoms with Crippen LogP contribution in [0.2, 0.25) is 0 Å². The molecule has 0 fully saturated rings. The molecule has 0 heterocycles. The Labute approximate surface area is 357 Å². The average molecular weight is 793 g/mol. The van der Waals surface area contributed by atoms with Gasteiger partial charge in [-0.05, 0) is 126 Å². The molecule has 9 aromatic carbocycles. The second-order valence-corrected chi connectivity index (χ2v) is 14.4. The maximum Gasteiger partial charge on any atom is 0.123 e. The van der Waals surface area contributed by atoms with Crippen LogP contribution in [0.15, 0.2) is 176 Å². The lowest BCUT2D eigenvalue weighted by Gasteiger charge is -2.34. The van der Waals surface area contributed by atoms with Crippen LogP contribution in [-0.2, 0) is 5.41 Å². The van der Waals surface area contributed by atoms with E-state index in [0.29, 0.717) is 5.75 Å². The summed E-state index contributed by atoms with van der Waals surface area (Å²) in [7, 11) is 0. The minimum Gasteiger partial charge on any atom is -0.508 e. The molecule has 1 aliphatic rings. The topological polar surface area (TPSA) is 60.7 Å². The molecule has 0 amide bonds. The van der Waals surface area contributed by atoms with E-state index < -0.39 is 5.41 Å². The van der Waals surface area contributed by atoms with Crippen molar-refractivity contribution in [3.8, 4) is 28.4 Å². The fraction of sp³-hybridized carbons (Fsp3) is 0.193. The first-order valence-electron chi connectivity index (χ1n) is 21.6. The molecule has 10 rings (SSSR count). The van der Waals surface area contributed by atoms with Crippen molar-refractivity contribution < 1.29 is 15.3 Å². The summed E-state index contributed by atoms with van der Waals surface area (Å²) < 4.78 is 0. The summed E-state index contributed by atoms with van der Waals surface area (Å²) in [6.07, 6.45) is 2.50. The number of phenolic OH excluding ortho intramolecular Hbond substituents is 3. The van der Waals surface area contributed by atoms with Gasteiger partial charge >= 0.3 is 0 Å². The first kappa shape index (κ1) is 44.5. The van der Waals surface area contributed by atoms with Gasteiger partial charge in [0.15, 0.2) is 0 Å². The van der Waals surface area contributed by atoms with Crippen LogP contribution < -0.4 is 0 Å². The normalized spacial score (nSPS) is 11.5. The molecular formula is C57H60O3. The molecule has 3 heteroatoms. The van der Waals surface area contributed by atoms with Gasteiger partial charge in [0, 0.05) is 5.39 Å².